The van der Waals surface area contributed by atoms with Crippen molar-refractivity contribution in [2.24, 2.45) is 0 Å². The number of piperazine rings is 1. The van der Waals surface area contributed by atoms with Gasteiger partial charge < -0.3 is 10.4 Å². The Morgan fingerprint density at radius 2 is 2.41 bits per heavy atom. The van der Waals surface area contributed by atoms with Crippen LogP contribution in [-0.2, 0) is 16.1 Å². The zero-order valence-corrected chi connectivity index (χ0v) is 9.17. The van der Waals surface area contributed by atoms with Crippen molar-refractivity contribution in [3.63, 3.8) is 0 Å². The van der Waals surface area contributed by atoms with Gasteiger partial charge in [0.25, 0.3) is 0 Å². The molecule has 1 aliphatic heterocycles. The molecule has 0 bridgehead atoms. The average molecular weight is 235 g/mol. The molecule has 1 atom stereocenters. The molecule has 6 heteroatoms. The Bertz CT molecular complexity index is 421. The van der Waals surface area contributed by atoms with Crippen LogP contribution in [0.15, 0.2) is 24.4 Å². The first kappa shape index (κ1) is 11.5. The van der Waals surface area contributed by atoms with E-state index < -0.39 is 12.0 Å². The lowest BCUT2D eigenvalue weighted by Gasteiger charge is -2.30. The summed E-state index contributed by atoms with van der Waals surface area (Å²) in [7, 11) is 0. The minimum absolute atomic E-state index is 0.209. The molecule has 1 fully saturated rings. The van der Waals surface area contributed by atoms with Crippen LogP contribution in [0.4, 0.5) is 0 Å². The Labute approximate surface area is 98.3 Å². The quantitative estimate of drug-likeness (QED) is 0.735. The zero-order valence-electron chi connectivity index (χ0n) is 9.17. The van der Waals surface area contributed by atoms with Crippen LogP contribution in [0.2, 0.25) is 0 Å². The second kappa shape index (κ2) is 4.92. The van der Waals surface area contributed by atoms with Crippen molar-refractivity contribution >= 4 is 11.9 Å². The van der Waals surface area contributed by atoms with E-state index in [1.807, 2.05) is 18.2 Å². The molecule has 2 N–H and O–H groups in total. The minimum Gasteiger partial charge on any atom is -0.480 e. The van der Waals surface area contributed by atoms with E-state index in [0.29, 0.717) is 13.1 Å². The number of hydrogen-bond acceptors (Lipinski definition) is 4. The van der Waals surface area contributed by atoms with Crippen LogP contribution in [-0.4, -0.2) is 46.0 Å². The molecule has 1 amide bonds. The van der Waals surface area contributed by atoms with Gasteiger partial charge in [0.05, 0.1) is 12.2 Å². The standard InChI is InChI=1S/C11H13N3O3/c15-10-7-14(6-9(13-10)11(16)17)5-8-3-1-2-4-12-8/h1-4,9H,5-7H2,(H,13,15)(H,16,17). The fraction of sp³-hybridized carbons (Fsp3) is 0.364. The highest BCUT2D eigenvalue weighted by Crippen LogP contribution is 2.06. The minimum atomic E-state index is -1.01. The monoisotopic (exact) mass is 235 g/mol. The molecule has 6 nitrogen and oxygen atoms in total. The molecule has 0 saturated carbocycles. The second-order valence-corrected chi connectivity index (χ2v) is 3.95. The largest absolute Gasteiger partial charge is 0.480 e. The molecule has 17 heavy (non-hydrogen) atoms. The van der Waals surface area contributed by atoms with Crippen molar-refractivity contribution in [1.82, 2.24) is 15.2 Å². The first-order chi connectivity index (χ1) is 8.15. The van der Waals surface area contributed by atoms with Crippen LogP contribution in [0.5, 0.6) is 0 Å². The van der Waals surface area contributed by atoms with Crippen LogP contribution in [0, 0.1) is 0 Å². The van der Waals surface area contributed by atoms with Gasteiger partial charge in [0, 0.05) is 19.3 Å². The maximum Gasteiger partial charge on any atom is 0.327 e. The number of pyridine rings is 1. The number of aliphatic carboxylic acids is 1. The summed E-state index contributed by atoms with van der Waals surface area (Å²) >= 11 is 0. The number of aromatic nitrogens is 1. The number of hydrogen-bond donors (Lipinski definition) is 2. The van der Waals surface area contributed by atoms with Crippen LogP contribution >= 0.6 is 0 Å². The van der Waals surface area contributed by atoms with E-state index in [0.717, 1.165) is 5.69 Å². The normalized spacial score (nSPS) is 20.9. The van der Waals surface area contributed by atoms with Gasteiger partial charge in [-0.3, -0.25) is 14.7 Å². The highest BCUT2D eigenvalue weighted by atomic mass is 16.4. The summed E-state index contributed by atoms with van der Waals surface area (Å²) in [6.45, 7) is 0.996. The number of carbonyl (C=O) groups excluding carboxylic acids is 1. The zero-order chi connectivity index (χ0) is 12.3. The maximum atomic E-state index is 11.3. The van der Waals surface area contributed by atoms with E-state index in [2.05, 4.69) is 10.3 Å². The van der Waals surface area contributed by atoms with Gasteiger partial charge in [0.15, 0.2) is 0 Å². The molecule has 1 unspecified atom stereocenters. The smallest absolute Gasteiger partial charge is 0.327 e. The summed E-state index contributed by atoms with van der Waals surface area (Å²) in [4.78, 5) is 28.1. The molecular formula is C11H13N3O3. The van der Waals surface area contributed by atoms with Crippen molar-refractivity contribution in [3.05, 3.63) is 30.1 Å². The molecular weight excluding hydrogens is 222 g/mol. The summed E-state index contributed by atoms with van der Waals surface area (Å²) < 4.78 is 0. The average Bonchev–Trinajstić information content (AvgIpc) is 2.29. The van der Waals surface area contributed by atoms with Gasteiger partial charge in [-0.1, -0.05) is 6.07 Å². The second-order valence-electron chi connectivity index (χ2n) is 3.95. The predicted octanol–water partition coefficient (Wildman–Crippen LogP) is -0.533. The lowest BCUT2D eigenvalue weighted by molar-refractivity contribution is -0.144. The van der Waals surface area contributed by atoms with E-state index in [9.17, 15) is 9.59 Å². The topological polar surface area (TPSA) is 82.5 Å². The van der Waals surface area contributed by atoms with Gasteiger partial charge in [-0.25, -0.2) is 4.79 Å². The van der Waals surface area contributed by atoms with Crippen molar-refractivity contribution in [2.75, 3.05) is 13.1 Å². The van der Waals surface area contributed by atoms with Crippen LogP contribution in [0.1, 0.15) is 5.69 Å². The third-order valence-corrected chi connectivity index (χ3v) is 2.55. The SMILES string of the molecule is O=C1CN(Cc2ccccn2)CC(C(=O)O)N1. The van der Waals surface area contributed by atoms with Crippen LogP contribution in [0.3, 0.4) is 0 Å². The van der Waals surface area contributed by atoms with Crippen molar-refractivity contribution < 1.29 is 14.7 Å². The van der Waals surface area contributed by atoms with Gasteiger partial charge in [0.1, 0.15) is 6.04 Å². The van der Waals surface area contributed by atoms with E-state index in [1.165, 1.54) is 0 Å². The van der Waals surface area contributed by atoms with Gasteiger partial charge in [-0.05, 0) is 12.1 Å². The van der Waals surface area contributed by atoms with Crippen molar-refractivity contribution in [2.45, 2.75) is 12.6 Å². The molecule has 0 radical (unpaired) electrons. The third-order valence-electron chi connectivity index (χ3n) is 2.55. The lowest BCUT2D eigenvalue weighted by Crippen LogP contribution is -2.56. The molecule has 1 aromatic heterocycles. The molecule has 0 spiro atoms. The summed E-state index contributed by atoms with van der Waals surface area (Å²) in [6, 6.07) is 4.69. The molecule has 2 rings (SSSR count). The number of carboxylic acid groups (broad SMARTS) is 1. The molecule has 0 aromatic carbocycles. The maximum absolute atomic E-state index is 11.3. The van der Waals surface area contributed by atoms with Gasteiger partial charge in [-0.2, -0.15) is 0 Å². The number of nitrogens with one attached hydrogen (secondary N) is 1. The van der Waals surface area contributed by atoms with Crippen molar-refractivity contribution in [3.8, 4) is 0 Å². The van der Waals surface area contributed by atoms with E-state index in [-0.39, 0.29) is 12.5 Å². The fourth-order valence-electron chi connectivity index (χ4n) is 1.79. The summed E-state index contributed by atoms with van der Waals surface area (Å²) in [5.41, 5.74) is 0.825. The molecule has 90 valence electrons. The van der Waals surface area contributed by atoms with Gasteiger partial charge >= 0.3 is 5.97 Å². The summed E-state index contributed by atoms with van der Waals surface area (Å²) in [6.07, 6.45) is 1.67. The number of rotatable bonds is 3. The molecule has 1 saturated heterocycles. The lowest BCUT2D eigenvalue weighted by atomic mass is 10.2. The Morgan fingerprint density at radius 3 is 3.06 bits per heavy atom. The third kappa shape index (κ3) is 3.01. The number of carbonyl (C=O) groups is 2. The Balaban J connectivity index is 2.01. The molecule has 1 aliphatic rings. The highest BCUT2D eigenvalue weighted by Gasteiger charge is 2.29. The molecule has 0 aliphatic carbocycles. The molecule has 1 aromatic rings. The first-order valence-corrected chi connectivity index (χ1v) is 5.29. The van der Waals surface area contributed by atoms with E-state index >= 15 is 0 Å². The first-order valence-electron chi connectivity index (χ1n) is 5.29. The van der Waals surface area contributed by atoms with E-state index in [1.54, 1.807) is 11.1 Å². The fourth-order valence-corrected chi connectivity index (χ4v) is 1.79. The van der Waals surface area contributed by atoms with Crippen molar-refractivity contribution in [1.29, 1.82) is 0 Å². The number of carboxylic acids is 1. The van der Waals surface area contributed by atoms with E-state index in [4.69, 9.17) is 5.11 Å². The Morgan fingerprint density at radius 1 is 1.59 bits per heavy atom. The number of nitrogens with zero attached hydrogens (tertiary/aromatic N) is 2. The Hall–Kier alpha value is -1.95. The van der Waals surface area contributed by atoms with Crippen LogP contribution in [0.25, 0.3) is 0 Å². The van der Waals surface area contributed by atoms with Gasteiger partial charge in [0.2, 0.25) is 5.91 Å². The highest BCUT2D eigenvalue weighted by molar-refractivity contribution is 5.86. The Kier molecular flexibility index (Phi) is 3.34. The van der Waals surface area contributed by atoms with Gasteiger partial charge in [-0.15, -0.1) is 0 Å². The van der Waals surface area contributed by atoms with Crippen LogP contribution < -0.4 is 5.32 Å². The summed E-state index contributed by atoms with van der Waals surface area (Å²) in [5, 5.41) is 11.3. The molecule has 2 heterocycles. The summed E-state index contributed by atoms with van der Waals surface area (Å²) in [5.74, 6) is -1.27. The number of amides is 1. The predicted molar refractivity (Wildman–Crippen MR) is 59.1 cm³/mol.